The molecule has 0 N–H and O–H groups in total. The summed E-state index contributed by atoms with van der Waals surface area (Å²) in [5, 5.41) is 4.42. The van der Waals surface area contributed by atoms with Crippen LogP contribution in [0.25, 0.3) is 89.1 Å². The lowest BCUT2D eigenvalue weighted by Crippen LogP contribution is -2.00. The van der Waals surface area contributed by atoms with E-state index in [1.54, 1.807) is 6.20 Å². The zero-order chi connectivity index (χ0) is 31.2. The second kappa shape index (κ2) is 11.2. The lowest BCUT2D eigenvalue weighted by atomic mass is 9.94. The van der Waals surface area contributed by atoms with E-state index in [1.165, 1.54) is 0 Å². The highest BCUT2D eigenvalue weighted by Crippen LogP contribution is 2.39. The number of benzene rings is 6. The summed E-state index contributed by atoms with van der Waals surface area (Å²) in [5.41, 5.74) is 8.96. The van der Waals surface area contributed by atoms with Gasteiger partial charge in [0.1, 0.15) is 5.58 Å². The van der Waals surface area contributed by atoms with Crippen LogP contribution in [0.3, 0.4) is 0 Å². The molecule has 6 aromatic carbocycles. The van der Waals surface area contributed by atoms with Crippen LogP contribution in [0.2, 0.25) is 0 Å². The molecule has 0 aliphatic rings. The summed E-state index contributed by atoms with van der Waals surface area (Å²) in [4.78, 5) is 18.9. The first-order valence-corrected chi connectivity index (χ1v) is 15.5. The lowest BCUT2D eigenvalue weighted by Gasteiger charge is -2.11. The van der Waals surface area contributed by atoms with Crippen LogP contribution in [0, 0.1) is 0 Å². The molecule has 5 heteroatoms. The molecule has 0 unspecified atom stereocenters. The largest absolute Gasteiger partial charge is 0.454 e. The molecule has 0 aliphatic carbocycles. The Bertz CT molecular complexity index is 2500. The molecular formula is C42H26N4O. The molecule has 5 nitrogen and oxygen atoms in total. The van der Waals surface area contributed by atoms with Crippen molar-refractivity contribution in [1.82, 2.24) is 19.9 Å². The van der Waals surface area contributed by atoms with Crippen molar-refractivity contribution >= 4 is 32.7 Å². The fraction of sp³-hybridized carbons (Fsp3) is 0. The molecular weight excluding hydrogens is 576 g/mol. The zero-order valence-electron chi connectivity index (χ0n) is 25.2. The summed E-state index contributed by atoms with van der Waals surface area (Å²) in [6.45, 7) is 0. The summed E-state index contributed by atoms with van der Waals surface area (Å²) in [5.74, 6) is 1.93. The van der Waals surface area contributed by atoms with Crippen molar-refractivity contribution in [3.8, 4) is 56.4 Å². The van der Waals surface area contributed by atoms with Gasteiger partial charge in [0.2, 0.25) is 0 Å². The summed E-state index contributed by atoms with van der Waals surface area (Å²) in [6, 6.07) is 49.9. The maximum absolute atomic E-state index is 6.37. The van der Waals surface area contributed by atoms with Crippen LogP contribution in [0.1, 0.15) is 0 Å². The molecule has 3 heterocycles. The van der Waals surface area contributed by atoms with Gasteiger partial charge in [-0.05, 0) is 45.8 Å². The van der Waals surface area contributed by atoms with Gasteiger partial charge in [-0.1, -0.05) is 127 Å². The van der Waals surface area contributed by atoms with Gasteiger partial charge in [0.15, 0.2) is 23.1 Å². The Balaban J connectivity index is 1.11. The van der Waals surface area contributed by atoms with Crippen LogP contribution in [0.4, 0.5) is 0 Å². The third-order valence-electron chi connectivity index (χ3n) is 8.63. The number of aromatic nitrogens is 4. The summed E-state index contributed by atoms with van der Waals surface area (Å²) in [7, 11) is 0. The molecule has 47 heavy (non-hydrogen) atoms. The van der Waals surface area contributed by atoms with Gasteiger partial charge < -0.3 is 4.42 Å². The van der Waals surface area contributed by atoms with Crippen LogP contribution in [-0.2, 0) is 0 Å². The molecule has 0 aliphatic heterocycles. The first kappa shape index (κ1) is 26.9. The molecule has 0 radical (unpaired) electrons. The molecule has 9 aromatic rings. The van der Waals surface area contributed by atoms with Crippen LogP contribution in [0.5, 0.6) is 0 Å². The number of nitrogens with zero attached hydrogens (tertiary/aromatic N) is 4. The van der Waals surface area contributed by atoms with Gasteiger partial charge in [-0.2, -0.15) is 0 Å². The standard InChI is InChI=1S/C42H26N4O/c1-3-9-30(10-4-1)40-44-41(31-11-5-2-6-12-31)46-42(45-40)33-15-7-14-32(25-33)27-17-19-28(20-18-27)34-16-8-13-29-21-22-36-35-23-24-43-26-37(35)47-39(36)38(29)34/h1-26H. The Morgan fingerprint density at radius 3 is 1.77 bits per heavy atom. The number of hydrogen-bond donors (Lipinski definition) is 0. The number of hydrogen-bond acceptors (Lipinski definition) is 5. The molecule has 9 rings (SSSR count). The van der Waals surface area contributed by atoms with Gasteiger partial charge >= 0.3 is 0 Å². The molecule has 0 spiro atoms. The van der Waals surface area contributed by atoms with Gasteiger partial charge in [-0.25, -0.2) is 15.0 Å². The minimum Gasteiger partial charge on any atom is -0.454 e. The topological polar surface area (TPSA) is 64.7 Å². The zero-order valence-corrected chi connectivity index (χ0v) is 25.2. The number of furan rings is 1. The average molecular weight is 603 g/mol. The van der Waals surface area contributed by atoms with E-state index in [0.717, 1.165) is 71.7 Å². The predicted molar refractivity (Wildman–Crippen MR) is 190 cm³/mol. The molecule has 0 fully saturated rings. The Kier molecular flexibility index (Phi) is 6.39. The van der Waals surface area contributed by atoms with Crippen LogP contribution < -0.4 is 0 Å². The van der Waals surface area contributed by atoms with E-state index in [-0.39, 0.29) is 0 Å². The third kappa shape index (κ3) is 4.82. The van der Waals surface area contributed by atoms with Gasteiger partial charge in [0.25, 0.3) is 0 Å². The normalized spacial score (nSPS) is 11.4. The summed E-state index contributed by atoms with van der Waals surface area (Å²) >= 11 is 0. The van der Waals surface area contributed by atoms with E-state index in [0.29, 0.717) is 17.5 Å². The van der Waals surface area contributed by atoms with Gasteiger partial charge in [0, 0.05) is 39.0 Å². The monoisotopic (exact) mass is 602 g/mol. The van der Waals surface area contributed by atoms with E-state index >= 15 is 0 Å². The molecule has 0 bridgehead atoms. The Labute approximate surface area is 270 Å². The molecule has 3 aromatic heterocycles. The minimum absolute atomic E-state index is 0.636. The molecule has 0 saturated carbocycles. The highest BCUT2D eigenvalue weighted by Gasteiger charge is 2.15. The van der Waals surface area contributed by atoms with Crippen LogP contribution in [0.15, 0.2) is 162 Å². The Morgan fingerprint density at radius 2 is 1.04 bits per heavy atom. The fourth-order valence-corrected chi connectivity index (χ4v) is 6.32. The Morgan fingerprint density at radius 1 is 0.426 bits per heavy atom. The van der Waals surface area contributed by atoms with E-state index in [1.807, 2.05) is 72.9 Å². The molecule has 0 saturated heterocycles. The first-order chi connectivity index (χ1) is 23.3. The van der Waals surface area contributed by atoms with Crippen molar-refractivity contribution in [3.63, 3.8) is 0 Å². The molecule has 220 valence electrons. The van der Waals surface area contributed by atoms with E-state index in [4.69, 9.17) is 19.4 Å². The SMILES string of the molecule is c1ccc(-c2nc(-c3ccccc3)nc(-c3cccc(-c4ccc(-c5cccc6ccc7c8ccncc8oc7c56)cc4)c3)n2)cc1. The third-order valence-corrected chi connectivity index (χ3v) is 8.63. The number of pyridine rings is 1. The van der Waals surface area contributed by atoms with Gasteiger partial charge in [0.05, 0.1) is 6.20 Å². The van der Waals surface area contributed by atoms with Crippen molar-refractivity contribution in [1.29, 1.82) is 0 Å². The van der Waals surface area contributed by atoms with Crippen molar-refractivity contribution in [2.45, 2.75) is 0 Å². The first-order valence-electron chi connectivity index (χ1n) is 15.5. The highest BCUT2D eigenvalue weighted by molar-refractivity contribution is 6.18. The average Bonchev–Trinajstić information content (AvgIpc) is 3.54. The van der Waals surface area contributed by atoms with Crippen molar-refractivity contribution in [3.05, 3.63) is 158 Å². The second-order valence-electron chi connectivity index (χ2n) is 11.5. The maximum atomic E-state index is 6.37. The van der Waals surface area contributed by atoms with Crippen molar-refractivity contribution < 1.29 is 4.42 Å². The lowest BCUT2D eigenvalue weighted by molar-refractivity contribution is 0.670. The van der Waals surface area contributed by atoms with E-state index in [2.05, 4.69) is 83.8 Å². The summed E-state index contributed by atoms with van der Waals surface area (Å²) in [6.07, 6.45) is 3.60. The van der Waals surface area contributed by atoms with E-state index in [9.17, 15) is 0 Å². The van der Waals surface area contributed by atoms with E-state index < -0.39 is 0 Å². The van der Waals surface area contributed by atoms with Gasteiger partial charge in [-0.3, -0.25) is 4.98 Å². The highest BCUT2D eigenvalue weighted by atomic mass is 16.3. The quantitative estimate of drug-likeness (QED) is 0.196. The van der Waals surface area contributed by atoms with Gasteiger partial charge in [-0.15, -0.1) is 0 Å². The Hall–Kier alpha value is -6.46. The number of rotatable bonds is 5. The minimum atomic E-state index is 0.636. The maximum Gasteiger partial charge on any atom is 0.164 e. The predicted octanol–water partition coefficient (Wildman–Crippen LogP) is 10.7. The summed E-state index contributed by atoms with van der Waals surface area (Å²) < 4.78 is 6.37. The number of fused-ring (bicyclic) bond motifs is 5. The fourth-order valence-electron chi connectivity index (χ4n) is 6.32. The van der Waals surface area contributed by atoms with Crippen LogP contribution >= 0.6 is 0 Å². The smallest absolute Gasteiger partial charge is 0.164 e. The second-order valence-corrected chi connectivity index (χ2v) is 11.5. The van der Waals surface area contributed by atoms with Crippen molar-refractivity contribution in [2.24, 2.45) is 0 Å². The van der Waals surface area contributed by atoms with Crippen LogP contribution in [-0.4, -0.2) is 19.9 Å². The van der Waals surface area contributed by atoms with Crippen molar-refractivity contribution in [2.75, 3.05) is 0 Å². The molecule has 0 amide bonds. The molecule has 0 atom stereocenters.